The second kappa shape index (κ2) is 7.86. The fourth-order valence-corrected chi connectivity index (χ4v) is 2.85. The van der Waals surface area contributed by atoms with Crippen LogP contribution in [0.2, 0.25) is 0 Å². The van der Waals surface area contributed by atoms with Crippen LogP contribution in [0.5, 0.6) is 0 Å². The molecule has 27 heavy (non-hydrogen) atoms. The van der Waals surface area contributed by atoms with E-state index in [-0.39, 0.29) is 11.8 Å². The number of aromatic nitrogens is 1. The smallest absolute Gasteiger partial charge is 0.261 e. The lowest BCUT2D eigenvalue weighted by Crippen LogP contribution is -2.19. The number of nitrogens with zero attached hydrogens (tertiary/aromatic N) is 1. The largest absolute Gasteiger partial charge is 0.361 e. The Balaban J connectivity index is 1.84. The molecule has 1 heterocycles. The number of nitrogens with one attached hydrogen (secondary N) is 2. The molecule has 0 saturated carbocycles. The summed E-state index contributed by atoms with van der Waals surface area (Å²) in [6.07, 6.45) is 0.579. The van der Waals surface area contributed by atoms with E-state index < -0.39 is 0 Å². The molecule has 0 fully saturated rings. The van der Waals surface area contributed by atoms with Crippen molar-refractivity contribution in [2.45, 2.75) is 27.2 Å². The minimum absolute atomic E-state index is 0.297. The fourth-order valence-electron chi connectivity index (χ4n) is 2.85. The van der Waals surface area contributed by atoms with Gasteiger partial charge in [-0.05, 0) is 50.1 Å². The standard InChI is InChI=1S/C21H21N3O3/c1-4-17-19(14(3)27-24-17)21(26)23-18-11-6-5-10-16(18)20(25)22-15-9-7-8-13(2)12-15/h5-12H,4H2,1-3H3,(H,22,25)(H,23,26). The maximum absolute atomic E-state index is 12.7. The van der Waals surface area contributed by atoms with E-state index in [4.69, 9.17) is 4.52 Å². The van der Waals surface area contributed by atoms with E-state index in [0.29, 0.717) is 40.4 Å². The number of anilines is 2. The zero-order valence-corrected chi connectivity index (χ0v) is 15.5. The van der Waals surface area contributed by atoms with E-state index in [9.17, 15) is 9.59 Å². The van der Waals surface area contributed by atoms with Crippen molar-refractivity contribution < 1.29 is 14.1 Å². The van der Waals surface area contributed by atoms with Crippen molar-refractivity contribution >= 4 is 23.2 Å². The Morgan fingerprint density at radius 2 is 1.78 bits per heavy atom. The van der Waals surface area contributed by atoms with Crippen LogP contribution in [0.1, 0.15) is 44.7 Å². The third-order valence-electron chi connectivity index (χ3n) is 4.19. The van der Waals surface area contributed by atoms with Gasteiger partial charge in [-0.3, -0.25) is 9.59 Å². The molecule has 0 atom stereocenters. The first-order valence-corrected chi connectivity index (χ1v) is 8.73. The summed E-state index contributed by atoms with van der Waals surface area (Å²) in [6, 6.07) is 14.4. The van der Waals surface area contributed by atoms with Crippen LogP contribution in [0.4, 0.5) is 11.4 Å². The van der Waals surface area contributed by atoms with E-state index in [1.807, 2.05) is 38.1 Å². The number of carbonyl (C=O) groups is 2. The number of para-hydroxylation sites is 1. The number of benzene rings is 2. The number of rotatable bonds is 5. The van der Waals surface area contributed by atoms with Gasteiger partial charge in [0.25, 0.3) is 11.8 Å². The molecule has 6 heteroatoms. The van der Waals surface area contributed by atoms with Gasteiger partial charge in [0.2, 0.25) is 0 Å². The van der Waals surface area contributed by atoms with E-state index in [0.717, 1.165) is 5.56 Å². The van der Waals surface area contributed by atoms with Crippen LogP contribution in [0.15, 0.2) is 53.1 Å². The first-order valence-electron chi connectivity index (χ1n) is 8.73. The van der Waals surface area contributed by atoms with Crippen LogP contribution < -0.4 is 10.6 Å². The summed E-state index contributed by atoms with van der Waals surface area (Å²) in [5.41, 5.74) is 3.54. The maximum atomic E-state index is 12.7. The Labute approximate surface area is 157 Å². The molecule has 3 aromatic rings. The summed E-state index contributed by atoms with van der Waals surface area (Å²) in [6.45, 7) is 5.55. The van der Waals surface area contributed by atoms with E-state index >= 15 is 0 Å². The summed E-state index contributed by atoms with van der Waals surface area (Å²) in [5, 5.41) is 9.57. The van der Waals surface area contributed by atoms with Crippen LogP contribution in [0.25, 0.3) is 0 Å². The van der Waals surface area contributed by atoms with E-state index in [2.05, 4.69) is 15.8 Å². The van der Waals surface area contributed by atoms with Gasteiger partial charge in [-0.15, -0.1) is 0 Å². The minimum Gasteiger partial charge on any atom is -0.361 e. The third kappa shape index (κ3) is 4.06. The molecule has 0 radical (unpaired) electrons. The summed E-state index contributed by atoms with van der Waals surface area (Å²) in [7, 11) is 0. The predicted octanol–water partition coefficient (Wildman–Crippen LogP) is 4.36. The molecular formula is C21H21N3O3. The predicted molar refractivity (Wildman–Crippen MR) is 104 cm³/mol. The molecule has 0 bridgehead atoms. The second-order valence-corrected chi connectivity index (χ2v) is 6.24. The van der Waals surface area contributed by atoms with Crippen molar-refractivity contribution in [3.05, 3.63) is 76.7 Å². The molecule has 2 N–H and O–H groups in total. The zero-order chi connectivity index (χ0) is 19.4. The van der Waals surface area contributed by atoms with Crippen LogP contribution in [-0.2, 0) is 6.42 Å². The molecule has 0 saturated heterocycles. The molecule has 1 aromatic heterocycles. The Bertz CT molecular complexity index is 992. The molecule has 2 aromatic carbocycles. The van der Waals surface area contributed by atoms with Crippen molar-refractivity contribution in [1.29, 1.82) is 0 Å². The summed E-state index contributed by atoms with van der Waals surface area (Å²) >= 11 is 0. The highest BCUT2D eigenvalue weighted by Crippen LogP contribution is 2.21. The molecule has 2 amide bonds. The lowest BCUT2D eigenvalue weighted by Gasteiger charge is -2.12. The molecule has 6 nitrogen and oxygen atoms in total. The van der Waals surface area contributed by atoms with Crippen LogP contribution in [0.3, 0.4) is 0 Å². The number of amides is 2. The van der Waals surface area contributed by atoms with Gasteiger partial charge in [0.15, 0.2) is 0 Å². The van der Waals surface area contributed by atoms with E-state index in [1.165, 1.54) is 0 Å². The normalized spacial score (nSPS) is 10.5. The summed E-state index contributed by atoms with van der Waals surface area (Å²) < 4.78 is 5.12. The second-order valence-electron chi connectivity index (χ2n) is 6.24. The molecule has 0 aliphatic rings. The average molecular weight is 363 g/mol. The molecule has 0 aliphatic heterocycles. The highest BCUT2D eigenvalue weighted by atomic mass is 16.5. The van der Waals surface area contributed by atoms with Gasteiger partial charge < -0.3 is 15.2 Å². The summed E-state index contributed by atoms with van der Waals surface area (Å²) in [4.78, 5) is 25.4. The zero-order valence-electron chi connectivity index (χ0n) is 15.5. The highest BCUT2D eigenvalue weighted by Gasteiger charge is 2.21. The van der Waals surface area contributed by atoms with Crippen molar-refractivity contribution in [2.75, 3.05) is 10.6 Å². The van der Waals surface area contributed by atoms with Gasteiger partial charge in [0.05, 0.1) is 16.9 Å². The van der Waals surface area contributed by atoms with Crippen molar-refractivity contribution in [3.63, 3.8) is 0 Å². The Hall–Kier alpha value is -3.41. The van der Waals surface area contributed by atoms with Crippen molar-refractivity contribution in [1.82, 2.24) is 5.16 Å². The highest BCUT2D eigenvalue weighted by molar-refractivity contribution is 6.13. The number of aryl methyl sites for hydroxylation is 3. The molecule has 0 aliphatic carbocycles. The van der Waals surface area contributed by atoms with Gasteiger partial charge >= 0.3 is 0 Å². The SMILES string of the molecule is CCc1noc(C)c1C(=O)Nc1ccccc1C(=O)Nc1cccc(C)c1. The van der Waals surface area contributed by atoms with Gasteiger partial charge in [0.1, 0.15) is 11.3 Å². The number of carbonyl (C=O) groups excluding carboxylic acids is 2. The average Bonchev–Trinajstić information content (AvgIpc) is 3.03. The van der Waals surface area contributed by atoms with Crippen molar-refractivity contribution in [3.8, 4) is 0 Å². The third-order valence-corrected chi connectivity index (χ3v) is 4.19. The molecule has 0 spiro atoms. The minimum atomic E-state index is -0.346. The molecule has 3 rings (SSSR count). The number of hydrogen-bond acceptors (Lipinski definition) is 4. The molecule has 138 valence electrons. The number of hydrogen-bond donors (Lipinski definition) is 2. The summed E-state index contributed by atoms with van der Waals surface area (Å²) in [5.74, 6) is -0.193. The van der Waals surface area contributed by atoms with Crippen LogP contribution >= 0.6 is 0 Å². The molecule has 0 unspecified atom stereocenters. The lowest BCUT2D eigenvalue weighted by molar-refractivity contribution is 0.102. The van der Waals surface area contributed by atoms with Crippen molar-refractivity contribution in [2.24, 2.45) is 0 Å². The topological polar surface area (TPSA) is 84.2 Å². The van der Waals surface area contributed by atoms with Crippen LogP contribution in [-0.4, -0.2) is 17.0 Å². The molecular weight excluding hydrogens is 342 g/mol. The van der Waals surface area contributed by atoms with Gasteiger partial charge in [0, 0.05) is 5.69 Å². The first kappa shape index (κ1) is 18.4. The Kier molecular flexibility index (Phi) is 5.35. The Morgan fingerprint density at radius 1 is 1.00 bits per heavy atom. The quantitative estimate of drug-likeness (QED) is 0.705. The lowest BCUT2D eigenvalue weighted by atomic mass is 10.1. The maximum Gasteiger partial charge on any atom is 0.261 e. The van der Waals surface area contributed by atoms with Crippen LogP contribution in [0, 0.1) is 13.8 Å². The first-order chi connectivity index (χ1) is 13.0. The van der Waals surface area contributed by atoms with Gasteiger partial charge in [-0.1, -0.05) is 36.3 Å². The fraction of sp³-hybridized carbons (Fsp3) is 0.190. The monoisotopic (exact) mass is 363 g/mol. The van der Waals surface area contributed by atoms with E-state index in [1.54, 1.807) is 31.2 Å². The van der Waals surface area contributed by atoms with Gasteiger partial charge in [-0.25, -0.2) is 0 Å². The van der Waals surface area contributed by atoms with Gasteiger partial charge in [-0.2, -0.15) is 0 Å². The Morgan fingerprint density at radius 3 is 2.52 bits per heavy atom.